The SMILES string of the molecule is Nc1ccc(C(=O)Oc2ccccc2Cl)cn1. The zero-order chi connectivity index (χ0) is 12.3. The summed E-state index contributed by atoms with van der Waals surface area (Å²) in [4.78, 5) is 15.5. The van der Waals surface area contributed by atoms with Gasteiger partial charge in [-0.25, -0.2) is 9.78 Å². The lowest BCUT2D eigenvalue weighted by Gasteiger charge is -2.05. The minimum atomic E-state index is -0.523. The molecule has 86 valence electrons. The summed E-state index contributed by atoms with van der Waals surface area (Å²) in [7, 11) is 0. The average Bonchev–Trinajstić information content (AvgIpc) is 2.33. The summed E-state index contributed by atoms with van der Waals surface area (Å²) in [6, 6.07) is 9.82. The summed E-state index contributed by atoms with van der Waals surface area (Å²) < 4.78 is 5.12. The van der Waals surface area contributed by atoms with Gasteiger partial charge in [-0.3, -0.25) is 0 Å². The van der Waals surface area contributed by atoms with E-state index in [1.165, 1.54) is 12.3 Å². The summed E-state index contributed by atoms with van der Waals surface area (Å²) in [5, 5.41) is 0.379. The lowest BCUT2D eigenvalue weighted by molar-refractivity contribution is 0.0734. The number of anilines is 1. The molecule has 0 aliphatic carbocycles. The number of hydrogen-bond acceptors (Lipinski definition) is 4. The second kappa shape index (κ2) is 4.84. The molecule has 0 aliphatic heterocycles. The number of pyridine rings is 1. The molecule has 1 heterocycles. The lowest BCUT2D eigenvalue weighted by Crippen LogP contribution is -2.09. The Bertz CT molecular complexity index is 540. The smallest absolute Gasteiger partial charge is 0.345 e. The maximum Gasteiger partial charge on any atom is 0.345 e. The molecule has 0 unspecified atom stereocenters. The molecule has 5 heteroatoms. The highest BCUT2D eigenvalue weighted by Crippen LogP contribution is 2.23. The Morgan fingerprint density at radius 1 is 1.24 bits per heavy atom. The molecule has 0 atom stereocenters. The molecular formula is C12H9ClN2O2. The van der Waals surface area contributed by atoms with Crippen molar-refractivity contribution in [1.82, 2.24) is 4.98 Å². The van der Waals surface area contributed by atoms with E-state index in [1.54, 1.807) is 30.3 Å². The number of benzene rings is 1. The molecule has 4 nitrogen and oxygen atoms in total. The van der Waals surface area contributed by atoms with E-state index in [9.17, 15) is 4.79 Å². The quantitative estimate of drug-likeness (QED) is 0.655. The third kappa shape index (κ3) is 2.73. The number of aromatic nitrogens is 1. The van der Waals surface area contributed by atoms with Gasteiger partial charge in [0.25, 0.3) is 0 Å². The maximum atomic E-state index is 11.7. The fourth-order valence-electron chi connectivity index (χ4n) is 1.21. The molecule has 0 aliphatic rings. The van der Waals surface area contributed by atoms with Crippen molar-refractivity contribution in [3.63, 3.8) is 0 Å². The van der Waals surface area contributed by atoms with Crippen LogP contribution in [0.25, 0.3) is 0 Å². The highest BCUT2D eigenvalue weighted by atomic mass is 35.5. The number of halogens is 1. The predicted octanol–water partition coefficient (Wildman–Crippen LogP) is 2.54. The number of carbonyl (C=O) groups excluding carboxylic acids is 1. The van der Waals surface area contributed by atoms with E-state index < -0.39 is 5.97 Å². The first kappa shape index (κ1) is 11.4. The molecule has 0 amide bonds. The van der Waals surface area contributed by atoms with E-state index in [0.29, 0.717) is 22.2 Å². The van der Waals surface area contributed by atoms with Crippen LogP contribution in [-0.2, 0) is 0 Å². The van der Waals surface area contributed by atoms with Crippen molar-refractivity contribution < 1.29 is 9.53 Å². The van der Waals surface area contributed by atoms with Crippen LogP contribution in [0.1, 0.15) is 10.4 Å². The topological polar surface area (TPSA) is 65.2 Å². The van der Waals surface area contributed by atoms with E-state index in [1.807, 2.05) is 0 Å². The molecule has 0 bridgehead atoms. The summed E-state index contributed by atoms with van der Waals surface area (Å²) >= 11 is 5.87. The molecular weight excluding hydrogens is 240 g/mol. The van der Waals surface area contributed by atoms with Crippen LogP contribution in [0, 0.1) is 0 Å². The van der Waals surface area contributed by atoms with Crippen molar-refractivity contribution in [3.05, 3.63) is 53.2 Å². The minimum Gasteiger partial charge on any atom is -0.421 e. The molecule has 2 aromatic rings. The van der Waals surface area contributed by atoms with Gasteiger partial charge in [-0.05, 0) is 24.3 Å². The van der Waals surface area contributed by atoms with Gasteiger partial charge in [-0.15, -0.1) is 0 Å². The van der Waals surface area contributed by atoms with Crippen LogP contribution in [0.3, 0.4) is 0 Å². The fourth-order valence-corrected chi connectivity index (χ4v) is 1.39. The number of hydrogen-bond donors (Lipinski definition) is 1. The zero-order valence-corrected chi connectivity index (χ0v) is 9.52. The molecule has 0 saturated carbocycles. The van der Waals surface area contributed by atoms with Crippen molar-refractivity contribution in [2.24, 2.45) is 0 Å². The molecule has 1 aromatic heterocycles. The van der Waals surface area contributed by atoms with Gasteiger partial charge in [0.2, 0.25) is 0 Å². The summed E-state index contributed by atoms with van der Waals surface area (Å²) in [5.41, 5.74) is 5.74. The number of para-hydroxylation sites is 1. The summed E-state index contributed by atoms with van der Waals surface area (Å²) in [6.45, 7) is 0. The number of carbonyl (C=O) groups is 1. The maximum absolute atomic E-state index is 11.7. The third-order valence-electron chi connectivity index (χ3n) is 2.06. The van der Waals surface area contributed by atoms with Crippen LogP contribution >= 0.6 is 11.6 Å². The molecule has 2 N–H and O–H groups in total. The Hall–Kier alpha value is -2.07. The highest BCUT2D eigenvalue weighted by Gasteiger charge is 2.10. The van der Waals surface area contributed by atoms with Gasteiger partial charge in [0, 0.05) is 6.20 Å². The number of nitrogens with two attached hydrogens (primary N) is 1. The summed E-state index contributed by atoms with van der Waals surface area (Å²) in [6.07, 6.45) is 1.36. The second-order valence-corrected chi connectivity index (χ2v) is 3.70. The van der Waals surface area contributed by atoms with Crippen molar-refractivity contribution in [1.29, 1.82) is 0 Å². The first-order valence-electron chi connectivity index (χ1n) is 4.85. The second-order valence-electron chi connectivity index (χ2n) is 3.29. The zero-order valence-electron chi connectivity index (χ0n) is 8.76. The first-order chi connectivity index (χ1) is 8.16. The van der Waals surface area contributed by atoms with Crippen LogP contribution in [-0.4, -0.2) is 11.0 Å². The van der Waals surface area contributed by atoms with Gasteiger partial charge in [0.1, 0.15) is 11.6 Å². The van der Waals surface area contributed by atoms with Gasteiger partial charge >= 0.3 is 5.97 Å². The largest absolute Gasteiger partial charge is 0.421 e. The monoisotopic (exact) mass is 248 g/mol. The van der Waals surface area contributed by atoms with Gasteiger partial charge in [0.05, 0.1) is 10.6 Å². The Balaban J connectivity index is 2.17. The molecule has 17 heavy (non-hydrogen) atoms. The van der Waals surface area contributed by atoms with Gasteiger partial charge < -0.3 is 10.5 Å². The van der Waals surface area contributed by atoms with Gasteiger partial charge in [-0.2, -0.15) is 0 Å². The number of ether oxygens (including phenoxy) is 1. The normalized spacial score (nSPS) is 9.94. The van der Waals surface area contributed by atoms with Crippen LogP contribution in [0.4, 0.5) is 5.82 Å². The third-order valence-corrected chi connectivity index (χ3v) is 2.37. The van der Waals surface area contributed by atoms with Crippen LogP contribution in [0.2, 0.25) is 5.02 Å². The summed E-state index contributed by atoms with van der Waals surface area (Å²) in [5.74, 6) is 0.140. The van der Waals surface area contributed by atoms with Crippen LogP contribution in [0.15, 0.2) is 42.6 Å². The van der Waals surface area contributed by atoms with Crippen molar-refractivity contribution in [3.8, 4) is 5.75 Å². The van der Waals surface area contributed by atoms with E-state index in [2.05, 4.69) is 4.98 Å². The van der Waals surface area contributed by atoms with E-state index in [-0.39, 0.29) is 0 Å². The van der Waals surface area contributed by atoms with E-state index >= 15 is 0 Å². The Morgan fingerprint density at radius 3 is 2.65 bits per heavy atom. The van der Waals surface area contributed by atoms with Crippen molar-refractivity contribution in [2.45, 2.75) is 0 Å². The fraction of sp³-hybridized carbons (Fsp3) is 0. The van der Waals surface area contributed by atoms with Crippen LogP contribution in [0.5, 0.6) is 5.75 Å². The van der Waals surface area contributed by atoms with Gasteiger partial charge in [-0.1, -0.05) is 23.7 Å². The first-order valence-corrected chi connectivity index (χ1v) is 5.23. The number of rotatable bonds is 2. The molecule has 0 radical (unpaired) electrons. The average molecular weight is 249 g/mol. The van der Waals surface area contributed by atoms with Crippen molar-refractivity contribution in [2.75, 3.05) is 5.73 Å². The standard InChI is InChI=1S/C12H9ClN2O2/c13-9-3-1-2-4-10(9)17-12(16)8-5-6-11(14)15-7-8/h1-7H,(H2,14,15). The molecule has 0 fully saturated rings. The lowest BCUT2D eigenvalue weighted by atomic mass is 10.3. The van der Waals surface area contributed by atoms with Crippen molar-refractivity contribution >= 4 is 23.4 Å². The Morgan fingerprint density at radius 2 is 2.00 bits per heavy atom. The van der Waals surface area contributed by atoms with Gasteiger partial charge in [0.15, 0.2) is 0 Å². The molecule has 1 aromatic carbocycles. The minimum absolute atomic E-state index is 0.316. The number of nitrogens with zero attached hydrogens (tertiary/aromatic N) is 1. The molecule has 0 saturated heterocycles. The van der Waals surface area contributed by atoms with Crippen LogP contribution < -0.4 is 10.5 Å². The van der Waals surface area contributed by atoms with E-state index in [0.717, 1.165) is 0 Å². The molecule has 0 spiro atoms. The predicted molar refractivity (Wildman–Crippen MR) is 65.1 cm³/mol. The Kier molecular flexibility index (Phi) is 3.25. The van der Waals surface area contributed by atoms with E-state index in [4.69, 9.17) is 22.1 Å². The highest BCUT2D eigenvalue weighted by molar-refractivity contribution is 6.32. The number of esters is 1. The number of nitrogen functional groups attached to an aromatic ring is 1. The molecule has 2 rings (SSSR count). The Labute approximate surface area is 103 Å².